The van der Waals surface area contributed by atoms with Crippen LogP contribution in [0.25, 0.3) is 0 Å². The summed E-state index contributed by atoms with van der Waals surface area (Å²) in [5.74, 6) is 0. The predicted octanol–water partition coefficient (Wildman–Crippen LogP) is 5.20. The fraction of sp³-hybridized carbons (Fsp3) is 0.0870. The van der Waals surface area contributed by atoms with E-state index in [0.717, 1.165) is 0 Å². The second kappa shape index (κ2) is 7.50. The molecule has 3 nitrogen and oxygen atoms in total. The maximum Gasteiger partial charge on any atom is 0.406 e. The highest BCUT2D eigenvalue weighted by atomic mass is 19.4. The number of nitrogens with zero attached hydrogens (tertiary/aromatic N) is 3. The molecular weight excluding hydrogens is 375 g/mol. The Hall–Kier alpha value is -4.08. The second-order valence-corrected chi connectivity index (χ2v) is 6.32. The minimum atomic E-state index is -4.75. The molecule has 0 spiro atoms. The van der Waals surface area contributed by atoms with Crippen LogP contribution >= 0.6 is 0 Å². The lowest BCUT2D eigenvalue weighted by Crippen LogP contribution is -2.44. The minimum absolute atomic E-state index is 0.0709. The summed E-state index contributed by atoms with van der Waals surface area (Å²) in [4.78, 5) is 0. The number of hydrogen-bond donors (Lipinski definition) is 0. The zero-order valence-electron chi connectivity index (χ0n) is 14.9. The molecule has 0 heterocycles. The van der Waals surface area contributed by atoms with Gasteiger partial charge < -0.3 is 0 Å². The molecule has 0 amide bonds. The standard InChI is InChI=1S/C23H12F3N3/c24-23(25,26)22(19-7-1-16(13-27)2-8-19,20-9-3-17(14-28)4-10-20)21-11-5-18(15-29)6-12-21/h1-12H. The van der Waals surface area contributed by atoms with Gasteiger partial charge in [0.25, 0.3) is 0 Å². The van der Waals surface area contributed by atoms with Gasteiger partial charge in [-0.05, 0) is 53.1 Å². The number of hydrogen-bond acceptors (Lipinski definition) is 3. The lowest BCUT2D eigenvalue weighted by Gasteiger charge is -2.37. The summed E-state index contributed by atoms with van der Waals surface area (Å²) < 4.78 is 44.4. The van der Waals surface area contributed by atoms with E-state index < -0.39 is 11.6 Å². The monoisotopic (exact) mass is 387 g/mol. The fourth-order valence-corrected chi connectivity index (χ4v) is 3.38. The van der Waals surface area contributed by atoms with Crippen molar-refractivity contribution in [3.8, 4) is 18.2 Å². The molecule has 0 unspecified atom stereocenters. The average molecular weight is 387 g/mol. The van der Waals surface area contributed by atoms with E-state index in [1.54, 1.807) is 0 Å². The topological polar surface area (TPSA) is 71.4 Å². The van der Waals surface area contributed by atoms with Gasteiger partial charge >= 0.3 is 6.18 Å². The summed E-state index contributed by atoms with van der Waals surface area (Å²) in [6.45, 7) is 0. The van der Waals surface area contributed by atoms with Crippen LogP contribution in [0.3, 0.4) is 0 Å². The molecule has 3 aromatic rings. The predicted molar refractivity (Wildman–Crippen MR) is 99.4 cm³/mol. The van der Waals surface area contributed by atoms with Gasteiger partial charge in [-0.25, -0.2) is 0 Å². The van der Waals surface area contributed by atoms with Crippen molar-refractivity contribution in [2.24, 2.45) is 0 Å². The van der Waals surface area contributed by atoms with Crippen LogP contribution in [-0.2, 0) is 5.41 Å². The molecule has 0 N–H and O–H groups in total. The van der Waals surface area contributed by atoms with Crippen molar-refractivity contribution in [1.82, 2.24) is 0 Å². The quantitative estimate of drug-likeness (QED) is 0.580. The summed E-state index contributed by atoms with van der Waals surface area (Å²) in [6, 6.07) is 21.4. The van der Waals surface area contributed by atoms with Crippen molar-refractivity contribution in [3.05, 3.63) is 106 Å². The Kier molecular flexibility index (Phi) is 5.09. The molecule has 3 aromatic carbocycles. The number of rotatable bonds is 3. The molecule has 0 bridgehead atoms. The molecule has 6 heteroatoms. The zero-order chi connectivity index (χ0) is 21.1. The maximum atomic E-state index is 14.8. The molecule has 0 aliphatic heterocycles. The molecule has 0 aliphatic rings. The Morgan fingerprint density at radius 2 is 0.724 bits per heavy atom. The number of nitriles is 3. The Labute approximate surface area is 165 Å². The Morgan fingerprint density at radius 1 is 0.483 bits per heavy atom. The molecule has 0 atom stereocenters. The van der Waals surface area contributed by atoms with Crippen LogP contribution < -0.4 is 0 Å². The van der Waals surface area contributed by atoms with Crippen LogP contribution in [-0.4, -0.2) is 6.18 Å². The van der Waals surface area contributed by atoms with Gasteiger partial charge in [0, 0.05) is 0 Å². The summed E-state index contributed by atoms with van der Waals surface area (Å²) in [7, 11) is 0. The van der Waals surface area contributed by atoms with E-state index in [1.165, 1.54) is 72.8 Å². The first-order valence-electron chi connectivity index (χ1n) is 8.45. The number of alkyl halides is 3. The van der Waals surface area contributed by atoms with Crippen molar-refractivity contribution in [1.29, 1.82) is 15.8 Å². The van der Waals surface area contributed by atoms with Gasteiger partial charge in [0.2, 0.25) is 0 Å². The lowest BCUT2D eigenvalue weighted by atomic mass is 9.68. The van der Waals surface area contributed by atoms with Crippen molar-refractivity contribution in [2.75, 3.05) is 0 Å². The van der Waals surface area contributed by atoms with Crippen LogP contribution in [0.4, 0.5) is 13.2 Å². The van der Waals surface area contributed by atoms with Crippen molar-refractivity contribution >= 4 is 0 Å². The molecule has 3 rings (SSSR count). The van der Waals surface area contributed by atoms with Crippen LogP contribution in [0.1, 0.15) is 33.4 Å². The van der Waals surface area contributed by atoms with Gasteiger partial charge in [-0.3, -0.25) is 0 Å². The smallest absolute Gasteiger partial charge is 0.192 e. The second-order valence-electron chi connectivity index (χ2n) is 6.32. The largest absolute Gasteiger partial charge is 0.406 e. The first-order chi connectivity index (χ1) is 13.9. The van der Waals surface area contributed by atoms with E-state index in [9.17, 15) is 13.2 Å². The first kappa shape index (κ1) is 19.7. The van der Waals surface area contributed by atoms with Crippen molar-refractivity contribution < 1.29 is 13.2 Å². The zero-order valence-corrected chi connectivity index (χ0v) is 14.9. The molecule has 0 fully saturated rings. The molecule has 0 saturated heterocycles. The maximum absolute atomic E-state index is 14.8. The van der Waals surface area contributed by atoms with E-state index in [0.29, 0.717) is 0 Å². The van der Waals surface area contributed by atoms with Crippen molar-refractivity contribution in [3.63, 3.8) is 0 Å². The molecule has 0 aromatic heterocycles. The molecule has 140 valence electrons. The van der Waals surface area contributed by atoms with E-state index in [4.69, 9.17) is 15.8 Å². The molecule has 0 aliphatic carbocycles. The third-order valence-corrected chi connectivity index (χ3v) is 4.77. The van der Waals surface area contributed by atoms with Gasteiger partial charge in [0.15, 0.2) is 0 Å². The molecule has 29 heavy (non-hydrogen) atoms. The van der Waals surface area contributed by atoms with Crippen LogP contribution in [0.2, 0.25) is 0 Å². The highest BCUT2D eigenvalue weighted by molar-refractivity contribution is 5.55. The van der Waals surface area contributed by atoms with E-state index >= 15 is 0 Å². The Bertz CT molecular complexity index is 1000. The van der Waals surface area contributed by atoms with Gasteiger partial charge in [0.1, 0.15) is 5.41 Å². The third kappa shape index (κ3) is 3.31. The average Bonchev–Trinajstić information content (AvgIpc) is 2.74. The molecular formula is C23H12F3N3. The summed E-state index contributed by atoms with van der Waals surface area (Å²) in [5, 5.41) is 27.0. The number of halogens is 3. The van der Waals surface area contributed by atoms with Gasteiger partial charge in [-0.1, -0.05) is 36.4 Å². The SMILES string of the molecule is N#Cc1ccc(C(c2ccc(C#N)cc2)(c2ccc(C#N)cc2)C(F)(F)F)cc1. The van der Waals surface area contributed by atoms with Gasteiger partial charge in [0.05, 0.1) is 34.9 Å². The van der Waals surface area contributed by atoms with Crippen molar-refractivity contribution in [2.45, 2.75) is 11.6 Å². The summed E-state index contributed by atoms with van der Waals surface area (Å²) in [5.41, 5.74) is -2.03. The first-order valence-corrected chi connectivity index (χ1v) is 8.45. The van der Waals surface area contributed by atoms with Crippen LogP contribution in [0, 0.1) is 34.0 Å². The Balaban J connectivity index is 2.39. The number of benzene rings is 3. The highest BCUT2D eigenvalue weighted by Gasteiger charge is 2.58. The molecule has 0 saturated carbocycles. The minimum Gasteiger partial charge on any atom is -0.192 e. The normalized spacial score (nSPS) is 11.2. The fourth-order valence-electron chi connectivity index (χ4n) is 3.38. The summed E-state index contributed by atoms with van der Waals surface area (Å²) >= 11 is 0. The summed E-state index contributed by atoms with van der Waals surface area (Å²) in [6.07, 6.45) is -4.75. The van der Waals surface area contributed by atoms with E-state index in [1.807, 2.05) is 18.2 Å². The Morgan fingerprint density at radius 3 is 0.897 bits per heavy atom. The van der Waals surface area contributed by atoms with E-state index in [2.05, 4.69) is 0 Å². The lowest BCUT2D eigenvalue weighted by molar-refractivity contribution is -0.166. The highest BCUT2D eigenvalue weighted by Crippen LogP contribution is 2.51. The van der Waals surface area contributed by atoms with Gasteiger partial charge in [-0.15, -0.1) is 0 Å². The third-order valence-electron chi connectivity index (χ3n) is 4.77. The van der Waals surface area contributed by atoms with Crippen LogP contribution in [0.15, 0.2) is 72.8 Å². The van der Waals surface area contributed by atoms with Gasteiger partial charge in [-0.2, -0.15) is 29.0 Å². The van der Waals surface area contributed by atoms with Crippen LogP contribution in [0.5, 0.6) is 0 Å². The van der Waals surface area contributed by atoms with E-state index in [-0.39, 0.29) is 33.4 Å². The molecule has 0 radical (unpaired) electrons.